The number of methoxy groups -OCH3 is 1. The van der Waals surface area contributed by atoms with Crippen molar-refractivity contribution < 1.29 is 28.5 Å². The molecule has 0 amide bonds. The van der Waals surface area contributed by atoms with E-state index in [2.05, 4.69) is 0 Å². The number of fused-ring (bicyclic) bond motifs is 1. The van der Waals surface area contributed by atoms with E-state index in [-0.39, 0.29) is 13.2 Å². The summed E-state index contributed by atoms with van der Waals surface area (Å²) in [4.78, 5) is 25.0. The van der Waals surface area contributed by atoms with Crippen molar-refractivity contribution in [2.75, 3.05) is 20.3 Å². The minimum atomic E-state index is -0.719. The second kappa shape index (κ2) is 10.2. The number of carbonyl (C=O) groups is 2. The van der Waals surface area contributed by atoms with Gasteiger partial charge in [0.05, 0.1) is 31.4 Å². The third-order valence-electron chi connectivity index (χ3n) is 5.18. The van der Waals surface area contributed by atoms with Gasteiger partial charge in [0.15, 0.2) is 6.10 Å². The molecule has 32 heavy (non-hydrogen) atoms. The first kappa shape index (κ1) is 23.2. The maximum atomic E-state index is 12.8. The number of benzene rings is 2. The van der Waals surface area contributed by atoms with Gasteiger partial charge in [0.25, 0.3) is 0 Å². The topological polar surface area (TPSA) is 76.0 Å². The molecule has 0 bridgehead atoms. The van der Waals surface area contributed by atoms with Crippen molar-refractivity contribution in [3.8, 4) is 17.2 Å². The minimum Gasteiger partial charge on any atom is -0.497 e. The number of ether oxygens (including phenoxy) is 4. The predicted molar refractivity (Wildman–Crippen MR) is 122 cm³/mol. The van der Waals surface area contributed by atoms with Crippen LogP contribution in [-0.4, -0.2) is 42.9 Å². The Morgan fingerprint density at radius 2 is 1.59 bits per heavy atom. The first-order chi connectivity index (χ1) is 15.4. The molecule has 0 N–H and O–H groups in total. The Labute approximate surface area is 187 Å². The highest BCUT2D eigenvalue weighted by Gasteiger charge is 2.24. The lowest BCUT2D eigenvalue weighted by Gasteiger charge is -2.16. The van der Waals surface area contributed by atoms with Gasteiger partial charge in [-0.05, 0) is 69.7 Å². The first-order valence-electron chi connectivity index (χ1n) is 10.7. The van der Waals surface area contributed by atoms with E-state index in [1.54, 1.807) is 33.1 Å². The maximum absolute atomic E-state index is 12.8. The minimum absolute atomic E-state index is 0.268. The van der Waals surface area contributed by atoms with Crippen LogP contribution >= 0.6 is 0 Å². The lowest BCUT2D eigenvalue weighted by atomic mass is 10.1. The van der Waals surface area contributed by atoms with Gasteiger partial charge in [-0.15, -0.1) is 0 Å². The van der Waals surface area contributed by atoms with E-state index in [9.17, 15) is 9.59 Å². The fraction of sp³-hybridized carbons (Fsp3) is 0.360. The Kier molecular flexibility index (Phi) is 7.41. The largest absolute Gasteiger partial charge is 0.497 e. The van der Waals surface area contributed by atoms with Crippen molar-refractivity contribution in [1.82, 2.24) is 4.57 Å². The molecule has 0 aliphatic carbocycles. The summed E-state index contributed by atoms with van der Waals surface area (Å²) in [5.41, 5.74) is 2.92. The monoisotopic (exact) mass is 439 g/mol. The van der Waals surface area contributed by atoms with E-state index in [4.69, 9.17) is 18.9 Å². The summed E-state index contributed by atoms with van der Waals surface area (Å²) in [7, 11) is 1.62. The molecule has 1 heterocycles. The zero-order valence-electron chi connectivity index (χ0n) is 19.1. The molecule has 0 aliphatic rings. The second-order valence-corrected chi connectivity index (χ2v) is 7.16. The Morgan fingerprint density at radius 3 is 2.19 bits per heavy atom. The highest BCUT2D eigenvalue weighted by atomic mass is 16.6. The summed E-state index contributed by atoms with van der Waals surface area (Å²) in [6.45, 7) is 7.82. The van der Waals surface area contributed by atoms with Gasteiger partial charge in [0.1, 0.15) is 11.5 Å². The second-order valence-electron chi connectivity index (χ2n) is 7.16. The molecule has 3 aromatic rings. The molecular formula is C25H29NO6. The molecule has 170 valence electrons. The van der Waals surface area contributed by atoms with Crippen LogP contribution in [0.5, 0.6) is 11.5 Å². The van der Waals surface area contributed by atoms with Crippen molar-refractivity contribution in [2.45, 2.75) is 40.2 Å². The van der Waals surface area contributed by atoms with Gasteiger partial charge >= 0.3 is 11.9 Å². The van der Waals surface area contributed by atoms with E-state index >= 15 is 0 Å². The van der Waals surface area contributed by atoms with Gasteiger partial charge in [-0.1, -0.05) is 6.92 Å². The molecule has 1 atom stereocenters. The van der Waals surface area contributed by atoms with Crippen LogP contribution in [-0.2, 0) is 14.3 Å². The normalized spacial score (nSPS) is 11.8. The lowest BCUT2D eigenvalue weighted by Crippen LogP contribution is -2.28. The maximum Gasteiger partial charge on any atom is 0.347 e. The van der Waals surface area contributed by atoms with Crippen molar-refractivity contribution in [1.29, 1.82) is 0 Å². The zero-order valence-corrected chi connectivity index (χ0v) is 19.1. The number of hydrogen-bond donors (Lipinski definition) is 0. The highest BCUT2D eigenvalue weighted by Crippen LogP contribution is 2.33. The fourth-order valence-electron chi connectivity index (χ4n) is 3.69. The standard InChI is InChI=1S/C25H29NO6/c1-6-22(24(27)30-7-2)32-19-13-14-21-20(15-19)23(25(28)31-8-3)16(4)26(21)17-9-11-18(29-5)12-10-17/h9-15,22H,6-8H2,1-5H3. The molecule has 7 nitrogen and oxygen atoms in total. The Balaban J connectivity index is 2.12. The van der Waals surface area contributed by atoms with Gasteiger partial charge in [0, 0.05) is 16.8 Å². The van der Waals surface area contributed by atoms with Crippen LogP contribution in [0, 0.1) is 6.92 Å². The third-order valence-corrected chi connectivity index (χ3v) is 5.18. The van der Waals surface area contributed by atoms with Crippen LogP contribution < -0.4 is 9.47 Å². The molecule has 3 rings (SSSR count). The lowest BCUT2D eigenvalue weighted by molar-refractivity contribution is -0.151. The van der Waals surface area contributed by atoms with E-state index < -0.39 is 18.0 Å². The molecule has 0 saturated carbocycles. The van der Waals surface area contributed by atoms with Crippen LogP contribution in [0.15, 0.2) is 42.5 Å². The van der Waals surface area contributed by atoms with Gasteiger partial charge in [0.2, 0.25) is 0 Å². The zero-order chi connectivity index (χ0) is 23.3. The van der Waals surface area contributed by atoms with Crippen LogP contribution in [0.3, 0.4) is 0 Å². The summed E-state index contributed by atoms with van der Waals surface area (Å²) in [6.07, 6.45) is -0.253. The molecule has 1 unspecified atom stereocenters. The highest BCUT2D eigenvalue weighted by molar-refractivity contribution is 6.07. The number of hydrogen-bond acceptors (Lipinski definition) is 6. The van der Waals surface area contributed by atoms with Crippen molar-refractivity contribution >= 4 is 22.8 Å². The van der Waals surface area contributed by atoms with Gasteiger partial charge in [-0.25, -0.2) is 9.59 Å². The van der Waals surface area contributed by atoms with Crippen LogP contribution in [0.2, 0.25) is 0 Å². The van der Waals surface area contributed by atoms with E-state index in [0.29, 0.717) is 23.1 Å². The Bertz CT molecular complexity index is 1100. The molecule has 0 fully saturated rings. The molecular weight excluding hydrogens is 410 g/mol. The number of esters is 2. The van der Waals surface area contributed by atoms with Crippen molar-refractivity contribution in [2.24, 2.45) is 0 Å². The summed E-state index contributed by atoms with van der Waals surface area (Å²) >= 11 is 0. The first-order valence-corrected chi connectivity index (χ1v) is 10.7. The molecule has 7 heteroatoms. The van der Waals surface area contributed by atoms with Gasteiger partial charge in [-0.2, -0.15) is 0 Å². The summed E-state index contributed by atoms with van der Waals surface area (Å²) in [5.74, 6) is 0.410. The van der Waals surface area contributed by atoms with Gasteiger partial charge in [-0.3, -0.25) is 0 Å². The molecule has 1 aromatic heterocycles. The average molecular weight is 440 g/mol. The van der Waals surface area contributed by atoms with Crippen LogP contribution in [0.4, 0.5) is 0 Å². The van der Waals surface area contributed by atoms with E-state index in [1.807, 2.05) is 48.7 Å². The molecule has 2 aromatic carbocycles. The smallest absolute Gasteiger partial charge is 0.347 e. The molecule has 0 saturated heterocycles. The van der Waals surface area contributed by atoms with Crippen molar-refractivity contribution in [3.63, 3.8) is 0 Å². The van der Waals surface area contributed by atoms with Gasteiger partial charge < -0.3 is 23.5 Å². The summed E-state index contributed by atoms with van der Waals surface area (Å²) < 4.78 is 23.6. The molecule has 0 spiro atoms. The SMILES string of the molecule is CCOC(=O)c1c(C)n(-c2ccc(OC)cc2)c2ccc(OC(CC)C(=O)OCC)cc12. The molecule has 0 aliphatic heterocycles. The number of carbonyl (C=O) groups excluding carboxylic acids is 2. The van der Waals surface area contributed by atoms with Crippen LogP contribution in [0.25, 0.3) is 16.6 Å². The van der Waals surface area contributed by atoms with Crippen molar-refractivity contribution in [3.05, 3.63) is 53.7 Å². The summed E-state index contributed by atoms with van der Waals surface area (Å²) in [6, 6.07) is 13.0. The quantitative estimate of drug-likeness (QED) is 0.444. The fourth-order valence-corrected chi connectivity index (χ4v) is 3.69. The number of aromatic nitrogens is 1. The Hall–Kier alpha value is -3.48. The van der Waals surface area contributed by atoms with Crippen LogP contribution in [0.1, 0.15) is 43.2 Å². The number of rotatable bonds is 9. The molecule has 0 radical (unpaired) electrons. The predicted octanol–water partition coefficient (Wildman–Crippen LogP) is 4.84. The van der Waals surface area contributed by atoms with E-state index in [0.717, 1.165) is 22.6 Å². The Morgan fingerprint density at radius 1 is 0.938 bits per heavy atom. The van der Waals surface area contributed by atoms with E-state index in [1.165, 1.54) is 0 Å². The number of nitrogens with zero attached hydrogens (tertiary/aromatic N) is 1. The third kappa shape index (κ3) is 4.56. The summed E-state index contributed by atoms with van der Waals surface area (Å²) in [5, 5.41) is 0.688. The average Bonchev–Trinajstić information content (AvgIpc) is 3.08.